The lowest BCUT2D eigenvalue weighted by Crippen LogP contribution is -2.45. The molecule has 0 amide bonds. The first-order chi connectivity index (χ1) is 9.70. The van der Waals surface area contributed by atoms with Crippen LogP contribution in [0.5, 0.6) is 0 Å². The van der Waals surface area contributed by atoms with Crippen LogP contribution in [0.15, 0.2) is 18.2 Å². The van der Waals surface area contributed by atoms with E-state index in [1.807, 2.05) is 0 Å². The number of rotatable bonds is 5. The normalized spacial score (nSPS) is 17.9. The largest absolute Gasteiger partial charge is 0.312 e. The summed E-state index contributed by atoms with van der Waals surface area (Å²) in [4.78, 5) is 0. The molecule has 1 aliphatic carbocycles. The minimum Gasteiger partial charge on any atom is -0.312 e. The fourth-order valence-corrected chi connectivity index (χ4v) is 3.14. The fraction of sp³-hybridized carbons (Fsp3) is 0.700. The van der Waals surface area contributed by atoms with E-state index in [4.69, 9.17) is 0 Å². The van der Waals surface area contributed by atoms with Gasteiger partial charge >= 0.3 is 0 Å². The topological polar surface area (TPSA) is 12.0 Å². The number of hydrogen-bond acceptors (Lipinski definition) is 1. The summed E-state index contributed by atoms with van der Waals surface area (Å²) in [7, 11) is 0. The second kappa shape index (κ2) is 6.12. The molecule has 118 valence electrons. The Morgan fingerprint density at radius 1 is 1.05 bits per heavy atom. The highest BCUT2D eigenvalue weighted by atomic mass is 15.0. The van der Waals surface area contributed by atoms with Crippen LogP contribution in [-0.2, 0) is 19.3 Å². The van der Waals surface area contributed by atoms with Crippen molar-refractivity contribution in [2.45, 2.75) is 72.8 Å². The van der Waals surface area contributed by atoms with E-state index in [-0.39, 0.29) is 5.54 Å². The minimum absolute atomic E-state index is 0.189. The SMILES string of the molecule is CC(C)C(C)(CNC(C)(C)C)Cc1ccc2c(c1)CCC2. The van der Waals surface area contributed by atoms with Crippen LogP contribution >= 0.6 is 0 Å². The zero-order valence-electron chi connectivity index (χ0n) is 14.8. The van der Waals surface area contributed by atoms with Crippen molar-refractivity contribution in [2.75, 3.05) is 6.54 Å². The van der Waals surface area contributed by atoms with Gasteiger partial charge in [-0.05, 0) is 74.5 Å². The molecule has 1 aliphatic rings. The predicted molar refractivity (Wildman–Crippen MR) is 92.9 cm³/mol. The first-order valence-electron chi connectivity index (χ1n) is 8.55. The van der Waals surface area contributed by atoms with Crippen LogP contribution < -0.4 is 5.32 Å². The van der Waals surface area contributed by atoms with E-state index in [2.05, 4.69) is 65.1 Å². The molecule has 2 rings (SSSR count). The highest BCUT2D eigenvalue weighted by molar-refractivity contribution is 5.35. The third-order valence-electron chi connectivity index (χ3n) is 5.19. The third kappa shape index (κ3) is 4.32. The van der Waals surface area contributed by atoms with Crippen LogP contribution in [0, 0.1) is 11.3 Å². The van der Waals surface area contributed by atoms with E-state index in [0.29, 0.717) is 11.3 Å². The number of nitrogens with one attached hydrogen (secondary N) is 1. The molecule has 1 unspecified atom stereocenters. The highest BCUT2D eigenvalue weighted by Gasteiger charge is 2.30. The van der Waals surface area contributed by atoms with E-state index >= 15 is 0 Å². The summed E-state index contributed by atoms with van der Waals surface area (Å²) in [6.07, 6.45) is 5.07. The molecular weight excluding hydrogens is 254 g/mol. The van der Waals surface area contributed by atoms with E-state index in [1.165, 1.54) is 31.2 Å². The molecule has 0 heterocycles. The molecule has 0 spiro atoms. The molecule has 0 bridgehead atoms. The van der Waals surface area contributed by atoms with E-state index < -0.39 is 0 Å². The lowest BCUT2D eigenvalue weighted by Gasteiger charge is -2.37. The zero-order chi connectivity index (χ0) is 15.7. The summed E-state index contributed by atoms with van der Waals surface area (Å²) in [5, 5.41) is 3.72. The number of fused-ring (bicyclic) bond motifs is 1. The lowest BCUT2D eigenvalue weighted by molar-refractivity contribution is 0.188. The molecule has 1 nitrogen and oxygen atoms in total. The molecular formula is C20H33N. The van der Waals surface area contributed by atoms with Crippen LogP contribution in [0.3, 0.4) is 0 Å². The van der Waals surface area contributed by atoms with Crippen molar-refractivity contribution < 1.29 is 0 Å². The number of benzene rings is 1. The first-order valence-corrected chi connectivity index (χ1v) is 8.55. The molecule has 21 heavy (non-hydrogen) atoms. The molecule has 0 aliphatic heterocycles. The van der Waals surface area contributed by atoms with Crippen LogP contribution in [0.25, 0.3) is 0 Å². The van der Waals surface area contributed by atoms with Crippen molar-refractivity contribution >= 4 is 0 Å². The summed E-state index contributed by atoms with van der Waals surface area (Å²) >= 11 is 0. The Balaban J connectivity index is 2.12. The lowest BCUT2D eigenvalue weighted by atomic mass is 9.73. The molecule has 0 aromatic heterocycles. The minimum atomic E-state index is 0.189. The Morgan fingerprint density at radius 3 is 2.33 bits per heavy atom. The number of aryl methyl sites for hydroxylation is 2. The summed E-state index contributed by atoms with van der Waals surface area (Å²) in [6.45, 7) is 15.0. The third-order valence-corrected chi connectivity index (χ3v) is 5.19. The van der Waals surface area contributed by atoms with Gasteiger partial charge in [-0.2, -0.15) is 0 Å². The van der Waals surface area contributed by atoms with Gasteiger partial charge in [0.05, 0.1) is 0 Å². The van der Waals surface area contributed by atoms with Gasteiger partial charge in [0.25, 0.3) is 0 Å². The van der Waals surface area contributed by atoms with Crippen LogP contribution in [-0.4, -0.2) is 12.1 Å². The van der Waals surface area contributed by atoms with Crippen LogP contribution in [0.4, 0.5) is 0 Å². The smallest absolute Gasteiger partial charge is 0.00967 e. The number of hydrogen-bond donors (Lipinski definition) is 1. The second-order valence-electron chi connectivity index (χ2n) is 8.55. The van der Waals surface area contributed by atoms with Crippen molar-refractivity contribution in [3.05, 3.63) is 34.9 Å². The highest BCUT2D eigenvalue weighted by Crippen LogP contribution is 2.33. The van der Waals surface area contributed by atoms with Gasteiger partial charge in [0.15, 0.2) is 0 Å². The Labute approximate surface area is 131 Å². The summed E-state index contributed by atoms with van der Waals surface area (Å²) in [5.41, 5.74) is 5.19. The van der Waals surface area contributed by atoms with E-state index in [0.717, 1.165) is 6.54 Å². The van der Waals surface area contributed by atoms with Crippen molar-refractivity contribution in [3.8, 4) is 0 Å². The van der Waals surface area contributed by atoms with Gasteiger partial charge in [0.2, 0.25) is 0 Å². The van der Waals surface area contributed by atoms with Crippen molar-refractivity contribution in [2.24, 2.45) is 11.3 Å². The Bertz CT molecular complexity index is 481. The maximum atomic E-state index is 3.72. The van der Waals surface area contributed by atoms with Crippen molar-refractivity contribution in [1.82, 2.24) is 5.32 Å². The Kier molecular flexibility index (Phi) is 4.82. The molecule has 1 aromatic carbocycles. The van der Waals surface area contributed by atoms with Gasteiger partial charge in [0.1, 0.15) is 0 Å². The van der Waals surface area contributed by atoms with Crippen LogP contribution in [0.1, 0.15) is 64.7 Å². The molecule has 0 fully saturated rings. The maximum absolute atomic E-state index is 3.72. The average molecular weight is 287 g/mol. The molecule has 1 atom stereocenters. The standard InChI is InChI=1S/C20H33N/c1-15(2)20(6,14-21-19(3,4)5)13-16-10-11-17-8-7-9-18(17)12-16/h10-12,15,21H,7-9,13-14H2,1-6H3. The van der Waals surface area contributed by atoms with Gasteiger partial charge in [-0.25, -0.2) is 0 Å². The summed E-state index contributed by atoms with van der Waals surface area (Å²) < 4.78 is 0. The van der Waals surface area contributed by atoms with Gasteiger partial charge in [-0.1, -0.05) is 39.0 Å². The zero-order valence-corrected chi connectivity index (χ0v) is 14.8. The quantitative estimate of drug-likeness (QED) is 0.822. The van der Waals surface area contributed by atoms with Gasteiger partial charge < -0.3 is 5.32 Å². The van der Waals surface area contributed by atoms with Gasteiger partial charge in [0, 0.05) is 12.1 Å². The molecule has 0 saturated carbocycles. The molecule has 1 heteroatoms. The average Bonchev–Trinajstić information content (AvgIpc) is 2.83. The monoisotopic (exact) mass is 287 g/mol. The fourth-order valence-electron chi connectivity index (χ4n) is 3.14. The Morgan fingerprint density at radius 2 is 1.71 bits per heavy atom. The van der Waals surface area contributed by atoms with E-state index in [9.17, 15) is 0 Å². The summed E-state index contributed by atoms with van der Waals surface area (Å²) in [6, 6.07) is 7.21. The van der Waals surface area contributed by atoms with Gasteiger partial charge in [-0.3, -0.25) is 0 Å². The molecule has 0 radical (unpaired) electrons. The second-order valence-corrected chi connectivity index (χ2v) is 8.55. The maximum Gasteiger partial charge on any atom is 0.00967 e. The predicted octanol–water partition coefficient (Wildman–Crippen LogP) is 4.77. The van der Waals surface area contributed by atoms with Crippen molar-refractivity contribution in [1.29, 1.82) is 0 Å². The molecule has 1 aromatic rings. The van der Waals surface area contributed by atoms with Crippen molar-refractivity contribution in [3.63, 3.8) is 0 Å². The van der Waals surface area contributed by atoms with Crippen LogP contribution in [0.2, 0.25) is 0 Å². The molecule has 0 saturated heterocycles. The first kappa shape index (κ1) is 16.5. The Hall–Kier alpha value is -0.820. The van der Waals surface area contributed by atoms with Gasteiger partial charge in [-0.15, -0.1) is 0 Å². The summed E-state index contributed by atoms with van der Waals surface area (Å²) in [5.74, 6) is 0.667. The molecule has 1 N–H and O–H groups in total. The van der Waals surface area contributed by atoms with E-state index in [1.54, 1.807) is 11.1 Å².